The van der Waals surface area contributed by atoms with Gasteiger partial charge in [0.15, 0.2) is 0 Å². The maximum Gasteiger partial charge on any atom is 0.714 e. The fraction of sp³-hybridized carbons (Fsp3) is 0.538. The van der Waals surface area contributed by atoms with Crippen LogP contribution in [0, 0.1) is 6.92 Å². The average molecular weight is 234 g/mol. The molecule has 1 heterocycles. The first-order valence-electron chi connectivity index (χ1n) is 5.89. The van der Waals surface area contributed by atoms with Crippen LogP contribution < -0.4 is 4.65 Å². The number of hydrogen-bond donors (Lipinski definition) is 0. The second-order valence-electron chi connectivity index (χ2n) is 5.48. The van der Waals surface area contributed by atoms with E-state index in [0.717, 1.165) is 5.75 Å². The van der Waals surface area contributed by atoms with E-state index >= 15 is 0 Å². The van der Waals surface area contributed by atoms with Gasteiger partial charge in [-0.3, -0.25) is 0 Å². The van der Waals surface area contributed by atoms with E-state index in [4.69, 9.17) is 14.0 Å². The lowest BCUT2D eigenvalue weighted by atomic mass is 9.90. The summed E-state index contributed by atoms with van der Waals surface area (Å²) in [7, 11) is -0.636. The van der Waals surface area contributed by atoms with Crippen LogP contribution in [-0.2, 0) is 9.31 Å². The Kier molecular flexibility index (Phi) is 2.96. The first-order chi connectivity index (χ1) is 7.80. The molecule has 1 aliphatic heterocycles. The molecule has 3 nitrogen and oxygen atoms in total. The summed E-state index contributed by atoms with van der Waals surface area (Å²) in [5.41, 5.74) is 0.483. The summed E-state index contributed by atoms with van der Waals surface area (Å²) < 4.78 is 17.2. The Balaban J connectivity index is 2.05. The van der Waals surface area contributed by atoms with E-state index < -0.39 is 7.32 Å². The van der Waals surface area contributed by atoms with Gasteiger partial charge in [-0.2, -0.15) is 0 Å². The highest BCUT2D eigenvalue weighted by atomic mass is 16.8. The lowest BCUT2D eigenvalue weighted by molar-refractivity contribution is 0.00578. The molecule has 0 atom stereocenters. The van der Waals surface area contributed by atoms with Crippen LogP contribution in [0.3, 0.4) is 0 Å². The monoisotopic (exact) mass is 234 g/mol. The smallest absolute Gasteiger partial charge is 0.512 e. The molecule has 0 bridgehead atoms. The van der Waals surface area contributed by atoms with Gasteiger partial charge in [0.1, 0.15) is 5.75 Å². The number of aryl methyl sites for hydroxylation is 1. The highest BCUT2D eigenvalue weighted by Gasteiger charge is 2.54. The van der Waals surface area contributed by atoms with E-state index in [-0.39, 0.29) is 11.2 Å². The predicted molar refractivity (Wildman–Crippen MR) is 67.9 cm³/mol. The lowest BCUT2D eigenvalue weighted by Crippen LogP contribution is -2.41. The van der Waals surface area contributed by atoms with Gasteiger partial charge in [-0.25, -0.2) is 0 Å². The first kappa shape index (κ1) is 12.5. The molecular formula is C13H19BO3. The van der Waals surface area contributed by atoms with Gasteiger partial charge in [-0.1, -0.05) is 17.7 Å². The second kappa shape index (κ2) is 4.04. The maximum atomic E-state index is 5.75. The Labute approximate surface area is 103 Å². The third-order valence-corrected chi connectivity index (χ3v) is 3.48. The van der Waals surface area contributed by atoms with Gasteiger partial charge in [-0.05, 0) is 46.8 Å². The Morgan fingerprint density at radius 2 is 1.41 bits per heavy atom. The summed E-state index contributed by atoms with van der Waals surface area (Å²) in [4.78, 5) is 0. The Morgan fingerprint density at radius 1 is 0.941 bits per heavy atom. The van der Waals surface area contributed by atoms with Crippen molar-refractivity contribution in [3.05, 3.63) is 29.8 Å². The van der Waals surface area contributed by atoms with Crippen LogP contribution in [0.5, 0.6) is 5.75 Å². The van der Waals surface area contributed by atoms with Crippen LogP contribution in [0.2, 0.25) is 0 Å². The third kappa shape index (κ3) is 2.48. The summed E-state index contributed by atoms with van der Waals surface area (Å²) in [5, 5.41) is 0. The Morgan fingerprint density at radius 3 is 1.88 bits per heavy atom. The average Bonchev–Trinajstić information content (AvgIpc) is 2.39. The van der Waals surface area contributed by atoms with E-state index in [1.807, 2.05) is 58.9 Å². The lowest BCUT2D eigenvalue weighted by Gasteiger charge is -2.31. The van der Waals surface area contributed by atoms with Crippen molar-refractivity contribution >= 4 is 7.32 Å². The van der Waals surface area contributed by atoms with Gasteiger partial charge in [0.2, 0.25) is 0 Å². The Hall–Kier alpha value is -0.995. The Bertz CT molecular complexity index is 382. The van der Waals surface area contributed by atoms with Crippen molar-refractivity contribution < 1.29 is 14.0 Å². The van der Waals surface area contributed by atoms with Crippen LogP contribution >= 0.6 is 0 Å². The van der Waals surface area contributed by atoms with Crippen molar-refractivity contribution in [1.29, 1.82) is 0 Å². The summed E-state index contributed by atoms with van der Waals surface area (Å²) in [6.07, 6.45) is 0. The normalized spacial score (nSPS) is 21.6. The molecule has 0 amide bonds. The molecule has 0 spiro atoms. The quantitative estimate of drug-likeness (QED) is 0.736. The third-order valence-electron chi connectivity index (χ3n) is 3.48. The second-order valence-corrected chi connectivity index (χ2v) is 5.48. The minimum atomic E-state index is -0.636. The number of benzene rings is 1. The number of rotatable bonds is 2. The van der Waals surface area contributed by atoms with Crippen molar-refractivity contribution in [2.45, 2.75) is 45.8 Å². The van der Waals surface area contributed by atoms with E-state index in [1.54, 1.807) is 0 Å². The molecule has 0 radical (unpaired) electrons. The molecule has 92 valence electrons. The molecule has 1 fully saturated rings. The van der Waals surface area contributed by atoms with Gasteiger partial charge < -0.3 is 14.0 Å². The van der Waals surface area contributed by atoms with Crippen LogP contribution in [0.25, 0.3) is 0 Å². The van der Waals surface area contributed by atoms with E-state index in [1.165, 1.54) is 5.56 Å². The van der Waals surface area contributed by atoms with Crippen LogP contribution in [0.1, 0.15) is 33.3 Å². The minimum absolute atomic E-state index is 0.359. The molecule has 0 N–H and O–H groups in total. The van der Waals surface area contributed by atoms with Crippen molar-refractivity contribution in [3.63, 3.8) is 0 Å². The van der Waals surface area contributed by atoms with Gasteiger partial charge in [-0.15, -0.1) is 0 Å². The SMILES string of the molecule is Cc1ccc(OB2OC(C)(C)C(C)(C)O2)cc1. The van der Waals surface area contributed by atoms with Crippen LogP contribution in [0.4, 0.5) is 0 Å². The molecule has 0 aliphatic carbocycles. The van der Waals surface area contributed by atoms with Gasteiger partial charge >= 0.3 is 7.32 Å². The standard InChI is InChI=1S/C13H19BO3/c1-10-6-8-11(9-7-10)15-14-16-12(2,3)13(4,5)17-14/h6-9H,1-5H3. The van der Waals surface area contributed by atoms with Crippen molar-refractivity contribution in [3.8, 4) is 5.75 Å². The van der Waals surface area contributed by atoms with E-state index in [0.29, 0.717) is 0 Å². The molecular weight excluding hydrogens is 215 g/mol. The minimum Gasteiger partial charge on any atom is -0.512 e. The maximum absolute atomic E-state index is 5.75. The predicted octanol–water partition coefficient (Wildman–Crippen LogP) is 2.96. The molecule has 0 aromatic heterocycles. The summed E-state index contributed by atoms with van der Waals surface area (Å²) in [6, 6.07) is 7.84. The summed E-state index contributed by atoms with van der Waals surface area (Å²) in [5.74, 6) is 0.758. The van der Waals surface area contributed by atoms with Gasteiger partial charge in [0.05, 0.1) is 11.2 Å². The van der Waals surface area contributed by atoms with Gasteiger partial charge in [0, 0.05) is 0 Å². The zero-order valence-corrected chi connectivity index (χ0v) is 11.1. The van der Waals surface area contributed by atoms with Gasteiger partial charge in [0.25, 0.3) is 0 Å². The fourth-order valence-corrected chi connectivity index (χ4v) is 1.57. The highest BCUT2D eigenvalue weighted by molar-refractivity contribution is 6.38. The van der Waals surface area contributed by atoms with Crippen molar-refractivity contribution in [2.24, 2.45) is 0 Å². The van der Waals surface area contributed by atoms with Crippen molar-refractivity contribution in [2.75, 3.05) is 0 Å². The molecule has 1 aromatic rings. The van der Waals surface area contributed by atoms with E-state index in [2.05, 4.69) is 0 Å². The molecule has 1 saturated heterocycles. The van der Waals surface area contributed by atoms with Crippen LogP contribution in [-0.4, -0.2) is 18.5 Å². The molecule has 1 aliphatic rings. The zero-order chi connectivity index (χ0) is 12.7. The molecule has 2 rings (SSSR count). The molecule has 1 aromatic carbocycles. The highest BCUT2D eigenvalue weighted by Crippen LogP contribution is 2.37. The number of hydrogen-bond acceptors (Lipinski definition) is 3. The molecule has 0 saturated carbocycles. The van der Waals surface area contributed by atoms with Crippen LogP contribution in [0.15, 0.2) is 24.3 Å². The zero-order valence-electron chi connectivity index (χ0n) is 11.1. The first-order valence-corrected chi connectivity index (χ1v) is 5.89. The molecule has 0 unspecified atom stereocenters. The summed E-state index contributed by atoms with van der Waals surface area (Å²) >= 11 is 0. The largest absolute Gasteiger partial charge is 0.714 e. The molecule has 4 heteroatoms. The van der Waals surface area contributed by atoms with E-state index in [9.17, 15) is 0 Å². The van der Waals surface area contributed by atoms with Crippen molar-refractivity contribution in [1.82, 2.24) is 0 Å². The summed E-state index contributed by atoms with van der Waals surface area (Å²) in [6.45, 7) is 10.1. The fourth-order valence-electron chi connectivity index (χ4n) is 1.57. The topological polar surface area (TPSA) is 27.7 Å². The molecule has 17 heavy (non-hydrogen) atoms.